The summed E-state index contributed by atoms with van der Waals surface area (Å²) in [5.74, 6) is 0.625. The summed E-state index contributed by atoms with van der Waals surface area (Å²) < 4.78 is 0. The van der Waals surface area contributed by atoms with Gasteiger partial charge >= 0.3 is 0 Å². The molecule has 4 heteroatoms. The van der Waals surface area contributed by atoms with Gasteiger partial charge in [0.25, 0.3) is 0 Å². The molecule has 1 saturated heterocycles. The minimum atomic E-state index is 0.0303. The number of carbonyl (C=O) groups excluding carboxylic acids is 1. The fourth-order valence-corrected chi connectivity index (χ4v) is 3.24. The number of likely N-dealkylation sites (tertiary alicyclic amines) is 1. The Morgan fingerprint density at radius 1 is 1.23 bits per heavy atom. The van der Waals surface area contributed by atoms with Crippen molar-refractivity contribution in [3.05, 3.63) is 30.1 Å². The predicted octanol–water partition coefficient (Wildman–Crippen LogP) is 2.59. The maximum atomic E-state index is 12.9. The van der Waals surface area contributed by atoms with E-state index in [9.17, 15) is 4.79 Å². The van der Waals surface area contributed by atoms with E-state index < -0.39 is 0 Å². The molecule has 2 heterocycles. The number of rotatable bonds is 6. The largest absolute Gasteiger partial charge is 0.344 e. The van der Waals surface area contributed by atoms with Gasteiger partial charge in [-0.3, -0.25) is 14.7 Å². The molecule has 1 amide bonds. The molecular formula is C18H29N3O. The quantitative estimate of drug-likeness (QED) is 0.810. The highest BCUT2D eigenvalue weighted by Crippen LogP contribution is 2.19. The molecule has 0 aromatic carbocycles. The number of hydrogen-bond donors (Lipinski definition) is 0. The van der Waals surface area contributed by atoms with Crippen LogP contribution in [0.2, 0.25) is 0 Å². The molecule has 0 radical (unpaired) electrons. The van der Waals surface area contributed by atoms with Gasteiger partial charge in [-0.2, -0.15) is 0 Å². The lowest BCUT2D eigenvalue weighted by Gasteiger charge is -2.37. The molecule has 0 bridgehead atoms. The Morgan fingerprint density at radius 2 is 1.86 bits per heavy atom. The van der Waals surface area contributed by atoms with Gasteiger partial charge in [0.05, 0.1) is 6.04 Å². The Kier molecular flexibility index (Phi) is 6.37. The van der Waals surface area contributed by atoms with Crippen molar-refractivity contribution in [2.45, 2.75) is 45.6 Å². The lowest BCUT2D eigenvalue weighted by Crippen LogP contribution is -2.52. The minimum Gasteiger partial charge on any atom is -0.344 e. The van der Waals surface area contributed by atoms with Crippen LogP contribution in [0.3, 0.4) is 0 Å². The van der Waals surface area contributed by atoms with Crippen LogP contribution in [-0.4, -0.2) is 53.4 Å². The summed E-state index contributed by atoms with van der Waals surface area (Å²) in [6.45, 7) is 7.21. The summed E-state index contributed by atoms with van der Waals surface area (Å²) >= 11 is 0. The number of piperidine rings is 1. The van der Waals surface area contributed by atoms with E-state index in [4.69, 9.17) is 0 Å². The molecule has 1 aromatic rings. The number of likely N-dealkylation sites (N-methyl/N-ethyl adjacent to an activating group) is 1. The minimum absolute atomic E-state index is 0.0303. The van der Waals surface area contributed by atoms with Gasteiger partial charge < -0.3 is 4.90 Å². The van der Waals surface area contributed by atoms with Crippen LogP contribution >= 0.6 is 0 Å². The fourth-order valence-electron chi connectivity index (χ4n) is 3.24. The SMILES string of the molecule is CC(C)[C@@H](C(=O)N(C)CCc1ccncc1)N1CCCCC1. The normalized spacial score (nSPS) is 17.5. The van der Waals surface area contributed by atoms with Crippen LogP contribution < -0.4 is 0 Å². The highest BCUT2D eigenvalue weighted by Gasteiger charge is 2.31. The van der Waals surface area contributed by atoms with Crippen molar-refractivity contribution in [1.82, 2.24) is 14.8 Å². The Bertz CT molecular complexity index is 455. The van der Waals surface area contributed by atoms with Crippen LogP contribution in [0.5, 0.6) is 0 Å². The molecule has 0 spiro atoms. The third-order valence-electron chi connectivity index (χ3n) is 4.53. The molecule has 1 aromatic heterocycles. The Morgan fingerprint density at radius 3 is 2.45 bits per heavy atom. The van der Waals surface area contributed by atoms with Crippen molar-refractivity contribution in [3.63, 3.8) is 0 Å². The molecule has 122 valence electrons. The van der Waals surface area contributed by atoms with Crippen LogP contribution in [0, 0.1) is 5.92 Å². The van der Waals surface area contributed by atoms with Gasteiger partial charge in [0.15, 0.2) is 0 Å². The van der Waals surface area contributed by atoms with Crippen molar-refractivity contribution < 1.29 is 4.79 Å². The molecule has 0 aliphatic carbocycles. The predicted molar refractivity (Wildman–Crippen MR) is 89.6 cm³/mol. The summed E-state index contributed by atoms with van der Waals surface area (Å²) in [5.41, 5.74) is 1.23. The van der Waals surface area contributed by atoms with Crippen LogP contribution in [0.1, 0.15) is 38.7 Å². The molecular weight excluding hydrogens is 274 g/mol. The number of nitrogens with zero attached hydrogens (tertiary/aromatic N) is 3. The molecule has 0 saturated carbocycles. The Labute approximate surface area is 134 Å². The standard InChI is InChI=1S/C18H29N3O/c1-15(2)17(21-12-5-4-6-13-21)18(22)20(3)14-9-16-7-10-19-11-8-16/h7-8,10-11,15,17H,4-6,9,12-14H2,1-3H3/t17-/m0/s1. The monoisotopic (exact) mass is 303 g/mol. The number of hydrogen-bond acceptors (Lipinski definition) is 3. The van der Waals surface area contributed by atoms with Gasteiger partial charge in [0.2, 0.25) is 5.91 Å². The van der Waals surface area contributed by atoms with Crippen molar-refractivity contribution >= 4 is 5.91 Å². The molecule has 4 nitrogen and oxygen atoms in total. The second kappa shape index (κ2) is 8.28. The second-order valence-corrected chi connectivity index (χ2v) is 6.65. The van der Waals surface area contributed by atoms with Gasteiger partial charge in [-0.15, -0.1) is 0 Å². The topological polar surface area (TPSA) is 36.4 Å². The van der Waals surface area contributed by atoms with Crippen LogP contribution in [0.25, 0.3) is 0 Å². The molecule has 1 fully saturated rings. The van der Waals surface area contributed by atoms with E-state index in [1.807, 2.05) is 36.5 Å². The zero-order valence-corrected chi connectivity index (χ0v) is 14.2. The van der Waals surface area contributed by atoms with Gasteiger partial charge in [0.1, 0.15) is 0 Å². The van der Waals surface area contributed by atoms with Gasteiger partial charge in [-0.05, 0) is 56.0 Å². The Hall–Kier alpha value is -1.42. The summed E-state index contributed by atoms with van der Waals surface area (Å²) in [7, 11) is 1.93. The highest BCUT2D eigenvalue weighted by molar-refractivity contribution is 5.82. The molecule has 1 aliphatic rings. The molecule has 0 unspecified atom stereocenters. The summed E-state index contributed by atoms with van der Waals surface area (Å²) in [4.78, 5) is 21.2. The van der Waals surface area contributed by atoms with E-state index in [0.717, 1.165) is 26.1 Å². The maximum absolute atomic E-state index is 12.9. The van der Waals surface area contributed by atoms with Gasteiger partial charge in [-0.25, -0.2) is 0 Å². The lowest BCUT2D eigenvalue weighted by atomic mass is 9.98. The van der Waals surface area contributed by atoms with Crippen LogP contribution in [0.15, 0.2) is 24.5 Å². The average molecular weight is 303 g/mol. The van der Waals surface area contributed by atoms with E-state index in [1.54, 1.807) is 0 Å². The first-order chi connectivity index (χ1) is 10.6. The molecule has 22 heavy (non-hydrogen) atoms. The third-order valence-corrected chi connectivity index (χ3v) is 4.53. The number of aromatic nitrogens is 1. The van der Waals surface area contributed by atoms with E-state index in [2.05, 4.69) is 23.7 Å². The van der Waals surface area contributed by atoms with Crippen molar-refractivity contribution in [2.75, 3.05) is 26.7 Å². The first-order valence-corrected chi connectivity index (χ1v) is 8.47. The van der Waals surface area contributed by atoms with Crippen molar-refractivity contribution in [1.29, 1.82) is 0 Å². The van der Waals surface area contributed by atoms with E-state index in [-0.39, 0.29) is 11.9 Å². The zero-order chi connectivity index (χ0) is 15.9. The average Bonchev–Trinajstić information content (AvgIpc) is 2.54. The first-order valence-electron chi connectivity index (χ1n) is 8.47. The summed E-state index contributed by atoms with van der Waals surface area (Å²) in [6.07, 6.45) is 8.24. The molecule has 0 N–H and O–H groups in total. The Balaban J connectivity index is 1.93. The van der Waals surface area contributed by atoms with Crippen LogP contribution in [-0.2, 0) is 11.2 Å². The number of pyridine rings is 1. The van der Waals surface area contributed by atoms with Gasteiger partial charge in [0, 0.05) is 26.0 Å². The van der Waals surface area contributed by atoms with E-state index in [1.165, 1.54) is 24.8 Å². The summed E-state index contributed by atoms with van der Waals surface area (Å²) in [5, 5.41) is 0. The second-order valence-electron chi connectivity index (χ2n) is 6.65. The zero-order valence-electron chi connectivity index (χ0n) is 14.2. The molecule has 1 aliphatic heterocycles. The van der Waals surface area contributed by atoms with Crippen molar-refractivity contribution in [3.8, 4) is 0 Å². The maximum Gasteiger partial charge on any atom is 0.239 e. The van der Waals surface area contributed by atoms with Crippen molar-refractivity contribution in [2.24, 2.45) is 5.92 Å². The van der Waals surface area contributed by atoms with E-state index >= 15 is 0 Å². The first kappa shape index (κ1) is 16.9. The highest BCUT2D eigenvalue weighted by atomic mass is 16.2. The van der Waals surface area contributed by atoms with E-state index in [0.29, 0.717) is 5.92 Å². The number of carbonyl (C=O) groups is 1. The lowest BCUT2D eigenvalue weighted by molar-refractivity contribution is -0.137. The fraction of sp³-hybridized carbons (Fsp3) is 0.667. The van der Waals surface area contributed by atoms with Crippen LogP contribution in [0.4, 0.5) is 0 Å². The smallest absolute Gasteiger partial charge is 0.239 e. The molecule has 2 rings (SSSR count). The summed E-state index contributed by atoms with van der Waals surface area (Å²) in [6, 6.07) is 4.06. The van der Waals surface area contributed by atoms with Gasteiger partial charge in [-0.1, -0.05) is 20.3 Å². The third kappa shape index (κ3) is 4.54. The molecule has 1 atom stereocenters. The number of amides is 1.